The first-order valence-corrected chi connectivity index (χ1v) is 7.66. The Hall–Kier alpha value is -1.00. The van der Waals surface area contributed by atoms with Crippen molar-refractivity contribution in [2.45, 2.75) is 31.4 Å². The molecule has 1 aliphatic rings. The largest absolute Gasteiger partial charge is 0.390 e. The van der Waals surface area contributed by atoms with Crippen molar-refractivity contribution in [1.82, 2.24) is 5.32 Å². The highest BCUT2D eigenvalue weighted by molar-refractivity contribution is 7.98. The van der Waals surface area contributed by atoms with Gasteiger partial charge in [0.25, 0.3) is 0 Å². The van der Waals surface area contributed by atoms with E-state index in [0.717, 1.165) is 23.3 Å². The number of benzene rings is 1. The molecule has 2 atom stereocenters. The fourth-order valence-electron chi connectivity index (χ4n) is 2.37. The van der Waals surface area contributed by atoms with Gasteiger partial charge < -0.3 is 10.4 Å². The highest BCUT2D eigenvalue weighted by Gasteiger charge is 2.31. The van der Waals surface area contributed by atoms with Gasteiger partial charge in [0.05, 0.1) is 12.1 Å². The highest BCUT2D eigenvalue weighted by atomic mass is 32.2. The maximum atomic E-state index is 11.8. The summed E-state index contributed by atoms with van der Waals surface area (Å²) in [4.78, 5) is 11.8. The van der Waals surface area contributed by atoms with Gasteiger partial charge in [-0.1, -0.05) is 24.3 Å². The first kappa shape index (κ1) is 13.4. The monoisotopic (exact) mass is 265 g/mol. The summed E-state index contributed by atoms with van der Waals surface area (Å²) in [6.07, 6.45) is 3.59. The van der Waals surface area contributed by atoms with E-state index in [0.29, 0.717) is 12.8 Å². The van der Waals surface area contributed by atoms with Crippen LogP contribution in [0.1, 0.15) is 30.0 Å². The van der Waals surface area contributed by atoms with E-state index in [4.69, 9.17) is 0 Å². The number of aliphatic hydroxyl groups is 1. The normalized spacial score (nSPS) is 21.7. The lowest BCUT2D eigenvalue weighted by atomic mass is 10.1. The molecule has 1 aromatic rings. The molecule has 3 nitrogen and oxygen atoms in total. The molecule has 1 amide bonds. The molecule has 0 fully saturated rings. The fraction of sp³-hybridized carbons (Fsp3) is 0.500. The molecule has 0 unspecified atom stereocenters. The van der Waals surface area contributed by atoms with Crippen LogP contribution in [0, 0.1) is 0 Å². The van der Waals surface area contributed by atoms with Crippen molar-refractivity contribution in [3.05, 3.63) is 35.4 Å². The second kappa shape index (κ2) is 6.25. The van der Waals surface area contributed by atoms with E-state index in [-0.39, 0.29) is 11.9 Å². The SMILES string of the molecule is CSCCCC(=O)N[C@H]1c2ccccc2C[C@@H]1O. The molecule has 0 saturated heterocycles. The molecule has 1 aliphatic carbocycles. The van der Waals surface area contributed by atoms with Crippen LogP contribution in [0.15, 0.2) is 24.3 Å². The molecular formula is C14H19NO2S. The zero-order chi connectivity index (χ0) is 13.0. The molecule has 1 aromatic carbocycles. The Morgan fingerprint density at radius 1 is 1.50 bits per heavy atom. The summed E-state index contributed by atoms with van der Waals surface area (Å²) in [7, 11) is 0. The number of amides is 1. The van der Waals surface area contributed by atoms with Crippen LogP contribution in [0.25, 0.3) is 0 Å². The van der Waals surface area contributed by atoms with Crippen molar-refractivity contribution in [2.24, 2.45) is 0 Å². The number of hydrogen-bond acceptors (Lipinski definition) is 3. The topological polar surface area (TPSA) is 49.3 Å². The zero-order valence-electron chi connectivity index (χ0n) is 10.6. The van der Waals surface area contributed by atoms with Gasteiger partial charge in [-0.3, -0.25) is 4.79 Å². The van der Waals surface area contributed by atoms with Gasteiger partial charge in [0.1, 0.15) is 0 Å². The van der Waals surface area contributed by atoms with Crippen LogP contribution in [0.4, 0.5) is 0 Å². The van der Waals surface area contributed by atoms with Gasteiger partial charge in [-0.25, -0.2) is 0 Å². The standard InChI is InChI=1S/C14H19NO2S/c1-18-8-4-7-13(17)15-14-11-6-3-2-5-10(11)9-12(14)16/h2-3,5-6,12,14,16H,4,7-9H2,1H3,(H,15,17)/t12-,14-/m0/s1. The van der Waals surface area contributed by atoms with Crippen molar-refractivity contribution in [2.75, 3.05) is 12.0 Å². The number of carbonyl (C=O) groups excluding carboxylic acids is 1. The molecular weight excluding hydrogens is 246 g/mol. The van der Waals surface area contributed by atoms with E-state index in [1.807, 2.05) is 30.5 Å². The molecule has 18 heavy (non-hydrogen) atoms. The maximum Gasteiger partial charge on any atom is 0.220 e. The van der Waals surface area contributed by atoms with Crippen LogP contribution in [-0.2, 0) is 11.2 Å². The Morgan fingerprint density at radius 3 is 3.06 bits per heavy atom. The summed E-state index contributed by atoms with van der Waals surface area (Å²) in [6, 6.07) is 7.68. The van der Waals surface area contributed by atoms with Gasteiger partial charge in [-0.15, -0.1) is 0 Å². The summed E-state index contributed by atoms with van der Waals surface area (Å²) >= 11 is 1.75. The second-order valence-corrected chi connectivity index (χ2v) is 5.60. The van der Waals surface area contributed by atoms with Crippen LogP contribution in [0.2, 0.25) is 0 Å². The number of thioether (sulfide) groups is 1. The van der Waals surface area contributed by atoms with Gasteiger partial charge >= 0.3 is 0 Å². The van der Waals surface area contributed by atoms with Crippen LogP contribution in [-0.4, -0.2) is 29.1 Å². The quantitative estimate of drug-likeness (QED) is 0.800. The van der Waals surface area contributed by atoms with E-state index in [2.05, 4.69) is 5.32 Å². The molecule has 2 rings (SSSR count). The lowest BCUT2D eigenvalue weighted by Crippen LogP contribution is -2.33. The van der Waals surface area contributed by atoms with E-state index in [9.17, 15) is 9.90 Å². The Balaban J connectivity index is 1.95. The molecule has 2 N–H and O–H groups in total. The summed E-state index contributed by atoms with van der Waals surface area (Å²) < 4.78 is 0. The Kier molecular flexibility index (Phi) is 4.66. The van der Waals surface area contributed by atoms with E-state index < -0.39 is 6.10 Å². The summed E-state index contributed by atoms with van der Waals surface area (Å²) in [5.41, 5.74) is 2.20. The average Bonchev–Trinajstić information content (AvgIpc) is 2.67. The van der Waals surface area contributed by atoms with Crippen molar-refractivity contribution in [1.29, 1.82) is 0 Å². The molecule has 0 bridgehead atoms. The van der Waals surface area contributed by atoms with E-state index >= 15 is 0 Å². The minimum Gasteiger partial charge on any atom is -0.390 e. The molecule has 0 heterocycles. The van der Waals surface area contributed by atoms with Crippen LogP contribution >= 0.6 is 11.8 Å². The van der Waals surface area contributed by atoms with Crippen molar-refractivity contribution in [3.8, 4) is 0 Å². The van der Waals surface area contributed by atoms with Crippen LogP contribution in [0.5, 0.6) is 0 Å². The third kappa shape index (κ3) is 3.06. The van der Waals surface area contributed by atoms with Gasteiger partial charge in [-0.05, 0) is 29.6 Å². The third-order valence-corrected chi connectivity index (χ3v) is 3.97. The smallest absolute Gasteiger partial charge is 0.220 e. The minimum absolute atomic E-state index is 0.0322. The van der Waals surface area contributed by atoms with E-state index in [1.54, 1.807) is 11.8 Å². The molecule has 0 radical (unpaired) electrons. The minimum atomic E-state index is -0.494. The maximum absolute atomic E-state index is 11.8. The first-order chi connectivity index (χ1) is 8.72. The molecule has 4 heteroatoms. The summed E-state index contributed by atoms with van der Waals surface area (Å²) in [5, 5.41) is 13.0. The Labute approximate surface area is 112 Å². The summed E-state index contributed by atoms with van der Waals surface area (Å²) in [5.74, 6) is 1.03. The van der Waals surface area contributed by atoms with Crippen LogP contribution < -0.4 is 5.32 Å². The Morgan fingerprint density at radius 2 is 2.28 bits per heavy atom. The van der Waals surface area contributed by atoms with Crippen molar-refractivity contribution < 1.29 is 9.90 Å². The molecule has 0 saturated carbocycles. The van der Waals surface area contributed by atoms with Gasteiger partial charge in [0.2, 0.25) is 5.91 Å². The van der Waals surface area contributed by atoms with E-state index in [1.165, 1.54) is 0 Å². The predicted molar refractivity (Wildman–Crippen MR) is 74.7 cm³/mol. The lowest BCUT2D eigenvalue weighted by Gasteiger charge is -2.17. The lowest BCUT2D eigenvalue weighted by molar-refractivity contribution is -0.122. The summed E-state index contributed by atoms with van der Waals surface area (Å²) in [6.45, 7) is 0. The highest BCUT2D eigenvalue weighted by Crippen LogP contribution is 2.31. The number of rotatable bonds is 5. The molecule has 98 valence electrons. The molecule has 0 aromatic heterocycles. The van der Waals surface area contributed by atoms with Crippen molar-refractivity contribution in [3.63, 3.8) is 0 Å². The van der Waals surface area contributed by atoms with Gasteiger partial charge in [-0.2, -0.15) is 11.8 Å². The average molecular weight is 265 g/mol. The number of hydrogen-bond donors (Lipinski definition) is 2. The molecule has 0 spiro atoms. The van der Waals surface area contributed by atoms with Crippen molar-refractivity contribution >= 4 is 17.7 Å². The van der Waals surface area contributed by atoms with Crippen LogP contribution in [0.3, 0.4) is 0 Å². The van der Waals surface area contributed by atoms with Gasteiger partial charge in [0, 0.05) is 12.8 Å². The number of nitrogens with one attached hydrogen (secondary N) is 1. The Bertz CT molecular complexity index is 422. The zero-order valence-corrected chi connectivity index (χ0v) is 11.4. The van der Waals surface area contributed by atoms with Gasteiger partial charge in [0.15, 0.2) is 0 Å². The molecule has 0 aliphatic heterocycles. The first-order valence-electron chi connectivity index (χ1n) is 6.26. The number of aliphatic hydroxyl groups excluding tert-OH is 1. The predicted octanol–water partition coefficient (Wildman–Crippen LogP) is 1.90. The number of fused-ring (bicyclic) bond motifs is 1. The number of carbonyl (C=O) groups is 1. The fourth-order valence-corrected chi connectivity index (χ4v) is 2.80. The third-order valence-electron chi connectivity index (χ3n) is 3.27. The second-order valence-electron chi connectivity index (χ2n) is 4.61.